The highest BCUT2D eigenvalue weighted by atomic mass is 127. The number of phenols is 1. The molecule has 0 radical (unpaired) electrons. The molecule has 20 heavy (non-hydrogen) atoms. The maximum Gasteiger partial charge on any atom is 0.258 e. The monoisotopic (exact) mass is 379 g/mol. The van der Waals surface area contributed by atoms with E-state index >= 15 is 0 Å². The Morgan fingerprint density at radius 2 is 2.15 bits per heavy atom. The zero-order valence-corrected chi connectivity index (χ0v) is 12.5. The van der Waals surface area contributed by atoms with Crippen LogP contribution in [0.1, 0.15) is 11.4 Å². The highest BCUT2D eigenvalue weighted by Crippen LogP contribution is 2.26. The van der Waals surface area contributed by atoms with Gasteiger partial charge in [0.1, 0.15) is 5.75 Å². The fraction of sp³-hybridized carbons (Fsp3) is 0.0714. The number of pyridine rings is 1. The van der Waals surface area contributed by atoms with Crippen molar-refractivity contribution in [2.24, 2.45) is 0 Å². The molecule has 3 aromatic rings. The lowest BCUT2D eigenvalue weighted by molar-refractivity contribution is 0.423. The van der Waals surface area contributed by atoms with Crippen molar-refractivity contribution < 1.29 is 9.63 Å². The molecular formula is C14H10IN3O2. The summed E-state index contributed by atoms with van der Waals surface area (Å²) in [7, 11) is 0. The summed E-state index contributed by atoms with van der Waals surface area (Å²) in [5.74, 6) is 1.19. The lowest BCUT2D eigenvalue weighted by atomic mass is 10.2. The van der Waals surface area contributed by atoms with Crippen LogP contribution in [0.3, 0.4) is 0 Å². The molecule has 0 unspecified atom stereocenters. The van der Waals surface area contributed by atoms with Crippen molar-refractivity contribution in [3.63, 3.8) is 0 Å². The largest absolute Gasteiger partial charge is 0.507 e. The van der Waals surface area contributed by atoms with Crippen LogP contribution in [-0.4, -0.2) is 20.2 Å². The van der Waals surface area contributed by atoms with Crippen LogP contribution in [0.4, 0.5) is 0 Å². The van der Waals surface area contributed by atoms with Crippen molar-refractivity contribution in [2.45, 2.75) is 6.42 Å². The normalized spacial score (nSPS) is 10.7. The number of hydrogen-bond donors (Lipinski definition) is 1. The summed E-state index contributed by atoms with van der Waals surface area (Å²) < 4.78 is 6.00. The first-order chi connectivity index (χ1) is 9.72. The van der Waals surface area contributed by atoms with Crippen LogP contribution in [0.15, 0.2) is 47.2 Å². The molecule has 0 bridgehead atoms. The van der Waals surface area contributed by atoms with E-state index < -0.39 is 0 Å². The van der Waals surface area contributed by atoms with Crippen LogP contribution in [0, 0.1) is 3.57 Å². The molecule has 1 N–H and O–H groups in total. The lowest BCUT2D eigenvalue weighted by Crippen LogP contribution is -1.91. The van der Waals surface area contributed by atoms with Gasteiger partial charge in [-0.25, -0.2) is 0 Å². The Hall–Kier alpha value is -1.96. The van der Waals surface area contributed by atoms with Gasteiger partial charge in [0.25, 0.3) is 5.89 Å². The van der Waals surface area contributed by atoms with Crippen LogP contribution in [0.2, 0.25) is 0 Å². The minimum absolute atomic E-state index is 0.204. The van der Waals surface area contributed by atoms with Crippen molar-refractivity contribution >= 4 is 22.6 Å². The first-order valence-corrected chi connectivity index (χ1v) is 7.00. The third-order valence-corrected chi connectivity index (χ3v) is 3.66. The Morgan fingerprint density at radius 3 is 2.90 bits per heavy atom. The third-order valence-electron chi connectivity index (χ3n) is 2.75. The minimum atomic E-state index is 0.204. The molecule has 2 aromatic heterocycles. The smallest absolute Gasteiger partial charge is 0.258 e. The number of rotatable bonds is 3. The maximum absolute atomic E-state index is 9.70. The van der Waals surface area contributed by atoms with Crippen molar-refractivity contribution in [3.05, 3.63) is 57.7 Å². The van der Waals surface area contributed by atoms with Crippen LogP contribution in [-0.2, 0) is 6.42 Å². The fourth-order valence-electron chi connectivity index (χ4n) is 1.77. The predicted octanol–water partition coefficient (Wildman–Crippen LogP) is 3.03. The van der Waals surface area contributed by atoms with Crippen molar-refractivity contribution in [1.29, 1.82) is 0 Å². The topological polar surface area (TPSA) is 72.0 Å². The van der Waals surface area contributed by atoms with Gasteiger partial charge in [-0.05, 0) is 52.4 Å². The highest BCUT2D eigenvalue weighted by Gasteiger charge is 2.11. The predicted molar refractivity (Wildman–Crippen MR) is 81.2 cm³/mol. The molecule has 0 saturated carbocycles. The molecule has 0 aliphatic rings. The first kappa shape index (κ1) is 13.0. The number of benzene rings is 1. The number of aromatic hydroxyl groups is 1. The molecule has 100 valence electrons. The minimum Gasteiger partial charge on any atom is -0.507 e. The number of nitrogens with zero attached hydrogens (tertiary/aromatic N) is 3. The summed E-state index contributed by atoms with van der Waals surface area (Å²) in [6.45, 7) is 0. The van der Waals surface area contributed by atoms with Crippen LogP contribution in [0.25, 0.3) is 11.5 Å². The van der Waals surface area contributed by atoms with Crippen molar-refractivity contribution in [3.8, 4) is 17.2 Å². The fourth-order valence-corrected chi connectivity index (χ4v) is 2.11. The third kappa shape index (κ3) is 2.79. The van der Waals surface area contributed by atoms with Crippen molar-refractivity contribution in [2.75, 3.05) is 0 Å². The molecule has 2 heterocycles. The summed E-state index contributed by atoms with van der Waals surface area (Å²) in [4.78, 5) is 8.37. The van der Waals surface area contributed by atoms with Gasteiger partial charge in [0, 0.05) is 24.4 Å². The Balaban J connectivity index is 1.84. The second kappa shape index (κ2) is 5.58. The molecule has 0 amide bonds. The molecule has 5 nitrogen and oxygen atoms in total. The maximum atomic E-state index is 9.70. The van der Waals surface area contributed by atoms with E-state index in [1.165, 1.54) is 0 Å². The Kier molecular flexibility index (Phi) is 3.64. The van der Waals surface area contributed by atoms with Gasteiger partial charge in [-0.3, -0.25) is 4.98 Å². The molecule has 1 aromatic carbocycles. The molecule has 0 spiro atoms. The summed E-state index contributed by atoms with van der Waals surface area (Å²) >= 11 is 2.06. The van der Waals surface area contributed by atoms with Gasteiger partial charge in [-0.15, -0.1) is 0 Å². The van der Waals surface area contributed by atoms with Crippen LogP contribution < -0.4 is 0 Å². The van der Waals surface area contributed by atoms with E-state index in [9.17, 15) is 5.11 Å². The van der Waals surface area contributed by atoms with Gasteiger partial charge in [-0.1, -0.05) is 11.2 Å². The number of aromatic nitrogens is 3. The standard InChI is InChI=1S/C14H10IN3O2/c15-11-4-3-10(7-12(11)19)14-17-13(18-20-14)6-9-2-1-5-16-8-9/h1-5,7-8,19H,6H2. The van der Waals surface area contributed by atoms with E-state index in [0.29, 0.717) is 23.7 Å². The van der Waals surface area contributed by atoms with Crippen molar-refractivity contribution in [1.82, 2.24) is 15.1 Å². The van der Waals surface area contributed by atoms with Gasteiger partial charge in [0.15, 0.2) is 5.82 Å². The molecule has 0 aliphatic carbocycles. The Morgan fingerprint density at radius 1 is 1.25 bits per heavy atom. The van der Waals surface area contributed by atoms with Gasteiger partial charge in [-0.2, -0.15) is 4.98 Å². The molecule has 0 saturated heterocycles. The Bertz CT molecular complexity index is 728. The van der Waals surface area contributed by atoms with E-state index in [1.807, 2.05) is 18.2 Å². The molecule has 0 fully saturated rings. The van der Waals surface area contributed by atoms with Gasteiger partial charge in [0.2, 0.25) is 0 Å². The average Bonchev–Trinajstić information content (AvgIpc) is 2.91. The van der Waals surface area contributed by atoms with E-state index in [1.54, 1.807) is 24.5 Å². The van der Waals surface area contributed by atoms with Crippen LogP contribution in [0.5, 0.6) is 5.75 Å². The van der Waals surface area contributed by atoms with Gasteiger partial charge in [0.05, 0.1) is 3.57 Å². The molecular weight excluding hydrogens is 369 g/mol. The van der Waals surface area contributed by atoms with E-state index in [0.717, 1.165) is 9.13 Å². The summed E-state index contributed by atoms with van der Waals surface area (Å²) in [5.41, 5.74) is 1.72. The summed E-state index contributed by atoms with van der Waals surface area (Å²) in [6, 6.07) is 9.08. The average molecular weight is 379 g/mol. The van der Waals surface area contributed by atoms with E-state index in [-0.39, 0.29) is 5.75 Å². The lowest BCUT2D eigenvalue weighted by Gasteiger charge is -1.98. The summed E-state index contributed by atoms with van der Waals surface area (Å²) in [6.07, 6.45) is 4.06. The van der Waals surface area contributed by atoms with E-state index in [4.69, 9.17) is 4.52 Å². The quantitative estimate of drug-likeness (QED) is 0.709. The first-order valence-electron chi connectivity index (χ1n) is 5.93. The number of phenolic OH excluding ortho intramolecular Hbond substituents is 1. The molecule has 6 heteroatoms. The molecule has 0 aliphatic heterocycles. The van der Waals surface area contributed by atoms with Gasteiger partial charge < -0.3 is 9.63 Å². The van der Waals surface area contributed by atoms with Crippen LogP contribution >= 0.6 is 22.6 Å². The molecule has 3 rings (SSSR count). The van der Waals surface area contributed by atoms with E-state index in [2.05, 4.69) is 37.7 Å². The number of hydrogen-bond acceptors (Lipinski definition) is 5. The second-order valence-corrected chi connectivity index (χ2v) is 5.38. The van der Waals surface area contributed by atoms with Gasteiger partial charge >= 0.3 is 0 Å². The molecule has 0 atom stereocenters. The summed E-state index contributed by atoms with van der Waals surface area (Å²) in [5, 5.41) is 13.6. The zero-order chi connectivity index (χ0) is 13.9. The number of halogens is 1. The highest BCUT2D eigenvalue weighted by molar-refractivity contribution is 14.1. The zero-order valence-electron chi connectivity index (χ0n) is 10.3. The SMILES string of the molecule is Oc1cc(-c2nc(Cc3cccnc3)no2)ccc1I. The Labute approximate surface area is 128 Å². The second-order valence-electron chi connectivity index (χ2n) is 4.22.